The fraction of sp³-hybridized carbons (Fsp3) is 0.200. The third-order valence-electron chi connectivity index (χ3n) is 2.70. The van der Waals surface area contributed by atoms with Crippen molar-refractivity contribution < 1.29 is 12.9 Å². The molecule has 1 aliphatic rings. The largest absolute Gasteiger partial charge is 0.495 e. The molecule has 1 aromatic rings. The Labute approximate surface area is 93.1 Å². The van der Waals surface area contributed by atoms with Crippen LogP contribution in [0.25, 0.3) is 6.08 Å². The molecule has 0 spiro atoms. The normalized spacial score (nSPS) is 15.2. The van der Waals surface area contributed by atoms with Gasteiger partial charge in [0, 0.05) is 5.69 Å². The molecule has 0 unspecified atom stereocenters. The number of halogens is 3. The molecule has 16 heavy (non-hydrogen) atoms. The molecule has 0 fully saturated rings. The molecule has 0 bridgehead atoms. The highest BCUT2D eigenvalue weighted by Crippen LogP contribution is 2.29. The molecule has 6 heteroatoms. The Hall–Kier alpha value is -1.32. The zero-order valence-corrected chi connectivity index (χ0v) is 8.91. The molecule has 0 aromatic heterocycles. The maximum atomic E-state index is 12.5. The number of para-hydroxylation sites is 1. The highest BCUT2D eigenvalue weighted by Gasteiger charge is 2.31. The Morgan fingerprint density at radius 1 is 1.25 bits per heavy atom. The van der Waals surface area contributed by atoms with Crippen LogP contribution < -0.4 is 4.81 Å². The summed E-state index contributed by atoms with van der Waals surface area (Å²) >= 11 is 0. The van der Waals surface area contributed by atoms with Gasteiger partial charge in [-0.15, -0.1) is 0 Å². The van der Waals surface area contributed by atoms with Gasteiger partial charge in [0.2, 0.25) is 0 Å². The lowest BCUT2D eigenvalue weighted by Gasteiger charge is -2.36. The van der Waals surface area contributed by atoms with E-state index in [-0.39, 0.29) is 6.85 Å². The second kappa shape index (κ2) is 3.92. The molecule has 1 nitrogen and oxygen atoms in total. The molecule has 0 saturated heterocycles. The minimum atomic E-state index is -4.80. The smallest absolute Gasteiger partial charge is 0.448 e. The third kappa shape index (κ3) is 2.26. The van der Waals surface area contributed by atoms with E-state index in [2.05, 4.69) is 0 Å². The van der Waals surface area contributed by atoms with Crippen LogP contribution in [0, 0.1) is 0 Å². The van der Waals surface area contributed by atoms with E-state index in [9.17, 15) is 12.9 Å². The highest BCUT2D eigenvalue weighted by molar-refractivity contribution is 6.71. The molecule has 1 aromatic carbocycles. The predicted molar refractivity (Wildman–Crippen MR) is 63.5 cm³/mol. The van der Waals surface area contributed by atoms with Crippen LogP contribution in [0.3, 0.4) is 0 Å². The third-order valence-corrected chi connectivity index (χ3v) is 2.70. The highest BCUT2D eigenvalue weighted by atomic mass is 19.4. The molecule has 1 heterocycles. The fourth-order valence-electron chi connectivity index (χ4n) is 1.94. The number of fused-ring (bicyclic) bond motifs is 1. The predicted octanol–water partition coefficient (Wildman–Crippen LogP) is 3.07. The molecule has 0 radical (unpaired) electrons. The molecular formula is C10H11B2F3N-. The van der Waals surface area contributed by atoms with Gasteiger partial charge in [-0.25, -0.2) is 0 Å². The molecular weight excluding hydrogens is 213 g/mol. The molecule has 0 N–H and O–H groups in total. The van der Waals surface area contributed by atoms with Crippen molar-refractivity contribution >= 4 is 25.6 Å². The molecule has 0 amide bonds. The van der Waals surface area contributed by atoms with Crippen LogP contribution in [0.2, 0.25) is 6.82 Å². The van der Waals surface area contributed by atoms with Gasteiger partial charge in [0.15, 0.2) is 0 Å². The molecule has 0 saturated carbocycles. The van der Waals surface area contributed by atoms with Crippen molar-refractivity contribution in [3.05, 3.63) is 35.8 Å². The van der Waals surface area contributed by atoms with Crippen molar-refractivity contribution in [2.45, 2.75) is 6.82 Å². The van der Waals surface area contributed by atoms with Crippen molar-refractivity contribution in [3.63, 3.8) is 0 Å². The van der Waals surface area contributed by atoms with Crippen LogP contribution in [-0.4, -0.2) is 20.3 Å². The maximum Gasteiger partial charge on any atom is 0.495 e. The second-order valence-corrected chi connectivity index (χ2v) is 4.02. The lowest BCUT2D eigenvalue weighted by molar-refractivity contribution is 0.472. The average Bonchev–Trinajstić information content (AvgIpc) is 2.21. The van der Waals surface area contributed by atoms with Gasteiger partial charge in [-0.1, -0.05) is 37.1 Å². The molecule has 2 rings (SSSR count). The average molecular weight is 224 g/mol. The first-order valence-electron chi connectivity index (χ1n) is 5.22. The quantitative estimate of drug-likeness (QED) is 0.697. The van der Waals surface area contributed by atoms with Gasteiger partial charge < -0.3 is 17.8 Å². The first-order valence-corrected chi connectivity index (χ1v) is 5.22. The van der Waals surface area contributed by atoms with Crippen molar-refractivity contribution in [1.82, 2.24) is 0 Å². The van der Waals surface area contributed by atoms with E-state index in [0.29, 0.717) is 5.69 Å². The monoisotopic (exact) mass is 224 g/mol. The second-order valence-electron chi connectivity index (χ2n) is 4.02. The van der Waals surface area contributed by atoms with Crippen LogP contribution in [-0.2, 0) is 0 Å². The van der Waals surface area contributed by atoms with Gasteiger partial charge in [-0.3, -0.25) is 0 Å². The Kier molecular flexibility index (Phi) is 2.74. The lowest BCUT2D eigenvalue weighted by atomic mass is 9.59. The molecule has 0 aliphatic carbocycles. The summed E-state index contributed by atoms with van der Waals surface area (Å²) in [6, 6.07) is 7.16. The Bertz CT molecular complexity index is 417. The van der Waals surface area contributed by atoms with Gasteiger partial charge >= 0.3 is 6.98 Å². The SMILES string of the molecule is CB1C=Cc2ccccc2N1C[B-](F)(F)F. The summed E-state index contributed by atoms with van der Waals surface area (Å²) in [7, 11) is 0. The summed E-state index contributed by atoms with van der Waals surface area (Å²) in [6.45, 7) is -3.24. The van der Waals surface area contributed by atoms with Crippen LogP contribution in [0.1, 0.15) is 5.56 Å². The lowest BCUT2D eigenvalue weighted by Crippen LogP contribution is -2.46. The molecule has 0 atom stereocenters. The van der Waals surface area contributed by atoms with Crippen molar-refractivity contribution in [2.24, 2.45) is 0 Å². The van der Waals surface area contributed by atoms with Crippen LogP contribution in [0.4, 0.5) is 18.6 Å². The van der Waals surface area contributed by atoms with Crippen molar-refractivity contribution in [3.8, 4) is 0 Å². The van der Waals surface area contributed by atoms with Crippen molar-refractivity contribution in [2.75, 3.05) is 11.3 Å². The van der Waals surface area contributed by atoms with Gasteiger partial charge in [-0.2, -0.15) is 0 Å². The van der Waals surface area contributed by atoms with Crippen LogP contribution >= 0.6 is 0 Å². The topological polar surface area (TPSA) is 3.24 Å². The van der Waals surface area contributed by atoms with E-state index in [4.69, 9.17) is 0 Å². The number of benzene rings is 1. The minimum Gasteiger partial charge on any atom is -0.448 e. The minimum absolute atomic E-state index is 0.210. The summed E-state index contributed by atoms with van der Waals surface area (Å²) in [5.41, 5.74) is 1.51. The Balaban J connectivity index is 2.34. The number of hydrogen-bond donors (Lipinski definition) is 0. The molecule has 84 valence electrons. The van der Waals surface area contributed by atoms with Crippen LogP contribution in [0.5, 0.6) is 0 Å². The van der Waals surface area contributed by atoms with E-state index in [1.165, 1.54) is 4.81 Å². The van der Waals surface area contributed by atoms with Crippen molar-refractivity contribution in [1.29, 1.82) is 0 Å². The standard InChI is InChI=1S/C10H11B2F3N/c1-11-7-6-9-4-2-3-5-10(9)16(11)8-12(13,14)15/h2-7H,8H2,1H3/q-1. The van der Waals surface area contributed by atoms with Gasteiger partial charge in [-0.05, 0) is 18.1 Å². The Morgan fingerprint density at radius 3 is 2.62 bits per heavy atom. The number of nitrogens with zero attached hydrogens (tertiary/aromatic N) is 1. The summed E-state index contributed by atoms with van der Waals surface area (Å²) in [4.78, 5) is 1.40. The van der Waals surface area contributed by atoms with Gasteiger partial charge in [0.05, 0.1) is 0 Å². The van der Waals surface area contributed by atoms with Crippen LogP contribution in [0.15, 0.2) is 30.2 Å². The van der Waals surface area contributed by atoms with Gasteiger partial charge in [0.1, 0.15) is 0 Å². The van der Waals surface area contributed by atoms with E-state index < -0.39 is 13.4 Å². The summed E-state index contributed by atoms with van der Waals surface area (Å²) in [5.74, 6) is 1.80. The first-order chi connectivity index (χ1) is 7.47. The Morgan fingerprint density at radius 2 is 1.94 bits per heavy atom. The first kappa shape index (κ1) is 11.2. The molecule has 1 aliphatic heterocycles. The van der Waals surface area contributed by atoms with E-state index in [0.717, 1.165) is 5.56 Å². The zero-order valence-electron chi connectivity index (χ0n) is 8.91. The maximum absolute atomic E-state index is 12.5. The zero-order chi connectivity index (χ0) is 11.8. The number of hydrogen-bond acceptors (Lipinski definition) is 1. The van der Waals surface area contributed by atoms with E-state index in [1.54, 1.807) is 24.9 Å². The van der Waals surface area contributed by atoms with E-state index in [1.807, 2.05) is 18.2 Å². The van der Waals surface area contributed by atoms with Gasteiger partial charge in [0.25, 0.3) is 6.85 Å². The summed E-state index contributed by atoms with van der Waals surface area (Å²) < 4.78 is 37.5. The summed E-state index contributed by atoms with van der Waals surface area (Å²) in [5, 5.41) is 0. The number of rotatable bonds is 2. The summed E-state index contributed by atoms with van der Waals surface area (Å²) in [6.07, 6.45) is 1.03. The fourth-order valence-corrected chi connectivity index (χ4v) is 1.94. The van der Waals surface area contributed by atoms with E-state index >= 15 is 0 Å². The number of anilines is 1.